The van der Waals surface area contributed by atoms with E-state index in [0.29, 0.717) is 11.3 Å². The van der Waals surface area contributed by atoms with Crippen molar-refractivity contribution in [3.05, 3.63) is 52.0 Å². The second-order valence-corrected chi connectivity index (χ2v) is 10.4. The summed E-state index contributed by atoms with van der Waals surface area (Å²) in [6.45, 7) is 6.99. The minimum absolute atomic E-state index is 0.0680. The van der Waals surface area contributed by atoms with E-state index in [2.05, 4.69) is 73.5 Å². The summed E-state index contributed by atoms with van der Waals surface area (Å²) in [5.41, 5.74) is 4.78. The maximum atomic E-state index is 13.1. The van der Waals surface area contributed by atoms with Crippen LogP contribution in [-0.4, -0.2) is 10.5 Å². The number of fused-ring (bicyclic) bond motifs is 4. The third kappa shape index (κ3) is 2.67. The average molecular weight is 394 g/mol. The molecule has 0 saturated carbocycles. The van der Waals surface area contributed by atoms with E-state index in [1.54, 1.807) is 11.3 Å². The summed E-state index contributed by atoms with van der Waals surface area (Å²) in [7, 11) is 2.05. The van der Waals surface area contributed by atoms with Crippen LogP contribution in [0.15, 0.2) is 30.5 Å². The number of nitrogens with zero attached hydrogens (tertiary/aromatic N) is 1. The zero-order chi connectivity index (χ0) is 19.6. The van der Waals surface area contributed by atoms with Gasteiger partial charge >= 0.3 is 0 Å². The smallest absolute Gasteiger partial charge is 0.256 e. The number of hydrogen-bond acceptors (Lipinski definition) is 3. The van der Waals surface area contributed by atoms with Gasteiger partial charge in [-0.15, -0.1) is 11.3 Å². The second kappa shape index (κ2) is 6.11. The first-order valence-electron chi connectivity index (χ1n) is 10.1. The van der Waals surface area contributed by atoms with Crippen LogP contribution < -0.4 is 10.6 Å². The van der Waals surface area contributed by atoms with Crippen LogP contribution in [-0.2, 0) is 19.9 Å². The molecule has 0 fully saturated rings. The number of para-hydroxylation sites is 1. The monoisotopic (exact) mass is 393 g/mol. The Balaban J connectivity index is 1.52. The highest BCUT2D eigenvalue weighted by Crippen LogP contribution is 2.46. The van der Waals surface area contributed by atoms with Crippen molar-refractivity contribution in [1.29, 1.82) is 0 Å². The fourth-order valence-corrected chi connectivity index (χ4v) is 6.15. The predicted molar refractivity (Wildman–Crippen MR) is 116 cm³/mol. The molecule has 1 aliphatic carbocycles. The van der Waals surface area contributed by atoms with E-state index in [1.165, 1.54) is 27.8 Å². The average Bonchev–Trinajstić information content (AvgIpc) is 3.18. The molecule has 0 unspecified atom stereocenters. The van der Waals surface area contributed by atoms with Crippen molar-refractivity contribution in [3.8, 4) is 0 Å². The zero-order valence-corrected chi connectivity index (χ0v) is 17.7. The number of aryl methyl sites for hydroxylation is 1. The summed E-state index contributed by atoms with van der Waals surface area (Å²) in [4.78, 5) is 14.5. The van der Waals surface area contributed by atoms with Crippen molar-refractivity contribution >= 4 is 33.1 Å². The normalized spacial score (nSPS) is 21.8. The van der Waals surface area contributed by atoms with Gasteiger partial charge in [-0.3, -0.25) is 4.79 Å². The number of nitrogens with one attached hydrogen (secondary N) is 2. The molecule has 1 amide bonds. The molecule has 0 bridgehead atoms. The van der Waals surface area contributed by atoms with Gasteiger partial charge in [-0.2, -0.15) is 0 Å². The molecule has 2 atom stereocenters. The van der Waals surface area contributed by atoms with E-state index in [9.17, 15) is 4.79 Å². The molecule has 0 radical (unpaired) electrons. The molecule has 5 heteroatoms. The van der Waals surface area contributed by atoms with Crippen LogP contribution in [0.4, 0.5) is 5.00 Å². The molecular formula is C23H27N3OS. The molecule has 3 heterocycles. The molecule has 5 rings (SSSR count). The molecule has 3 aromatic rings. The fourth-order valence-electron chi connectivity index (χ4n) is 4.80. The minimum Gasteiger partial charge on any atom is -0.353 e. The number of aromatic nitrogens is 1. The van der Waals surface area contributed by atoms with E-state index in [1.807, 2.05) is 0 Å². The van der Waals surface area contributed by atoms with Crippen LogP contribution in [0.2, 0.25) is 0 Å². The van der Waals surface area contributed by atoms with Gasteiger partial charge in [0.15, 0.2) is 0 Å². The summed E-state index contributed by atoms with van der Waals surface area (Å²) >= 11 is 1.79. The molecule has 2 N–H and O–H groups in total. The summed E-state index contributed by atoms with van der Waals surface area (Å²) in [6, 6.07) is 8.35. The lowest BCUT2D eigenvalue weighted by molar-refractivity contribution is 0.0935. The lowest BCUT2D eigenvalue weighted by Gasteiger charge is -2.34. The Morgan fingerprint density at radius 3 is 2.75 bits per heavy atom. The number of anilines is 1. The highest BCUT2D eigenvalue weighted by atomic mass is 32.1. The van der Waals surface area contributed by atoms with Gasteiger partial charge in [0.2, 0.25) is 0 Å². The zero-order valence-electron chi connectivity index (χ0n) is 16.9. The Hall–Kier alpha value is -2.27. The first-order chi connectivity index (χ1) is 13.3. The van der Waals surface area contributed by atoms with Crippen LogP contribution in [0.3, 0.4) is 0 Å². The van der Waals surface area contributed by atoms with Crippen LogP contribution in [0, 0.1) is 11.3 Å². The van der Waals surface area contributed by atoms with Crippen molar-refractivity contribution in [2.75, 3.05) is 5.32 Å². The summed E-state index contributed by atoms with van der Waals surface area (Å²) in [6.07, 6.45) is 5.20. The van der Waals surface area contributed by atoms with Crippen molar-refractivity contribution < 1.29 is 4.79 Å². The van der Waals surface area contributed by atoms with Crippen molar-refractivity contribution in [1.82, 2.24) is 9.88 Å². The van der Waals surface area contributed by atoms with E-state index in [4.69, 9.17) is 0 Å². The van der Waals surface area contributed by atoms with Gasteiger partial charge in [0.05, 0.1) is 5.56 Å². The standard InChI is InChI=1S/C23H27N3OS/c1-23(2,3)13-9-10-15-18(11-13)28-22-19(15)21(27)24-20(25-22)16-12-26(4)17-8-6-5-7-14(16)17/h5-8,12-13,20,25H,9-11H2,1-4H3,(H,24,27)/t13-,20-/m0/s1. The van der Waals surface area contributed by atoms with Gasteiger partial charge in [-0.25, -0.2) is 0 Å². The largest absolute Gasteiger partial charge is 0.353 e. The minimum atomic E-state index is -0.190. The molecule has 4 nitrogen and oxygen atoms in total. The SMILES string of the molecule is Cn1cc([C@H]2NC(=O)c3c(sc4c3CC[C@H](C(C)(C)C)C4)N2)c2ccccc21. The van der Waals surface area contributed by atoms with Crippen LogP contribution >= 0.6 is 11.3 Å². The molecular weight excluding hydrogens is 366 g/mol. The van der Waals surface area contributed by atoms with Crippen LogP contribution in [0.1, 0.15) is 59.7 Å². The Morgan fingerprint density at radius 1 is 1.18 bits per heavy atom. The number of hydrogen-bond donors (Lipinski definition) is 2. The number of carbonyl (C=O) groups is 1. The first kappa shape index (κ1) is 17.8. The summed E-state index contributed by atoms with van der Waals surface area (Å²) in [5, 5.41) is 9.07. The lowest BCUT2D eigenvalue weighted by Crippen LogP contribution is -2.38. The molecule has 2 aromatic heterocycles. The second-order valence-electron chi connectivity index (χ2n) is 9.28. The fraction of sp³-hybridized carbons (Fsp3) is 0.435. The van der Waals surface area contributed by atoms with E-state index in [-0.39, 0.29) is 12.1 Å². The highest BCUT2D eigenvalue weighted by molar-refractivity contribution is 7.16. The predicted octanol–water partition coefficient (Wildman–Crippen LogP) is 5.24. The topological polar surface area (TPSA) is 46.1 Å². The molecule has 1 aliphatic heterocycles. The Bertz CT molecular complexity index is 1090. The third-order valence-corrected chi connectivity index (χ3v) is 7.69. The molecule has 146 valence electrons. The maximum absolute atomic E-state index is 13.1. The maximum Gasteiger partial charge on any atom is 0.256 e. The first-order valence-corrected chi connectivity index (χ1v) is 10.9. The molecule has 28 heavy (non-hydrogen) atoms. The third-order valence-electron chi connectivity index (χ3n) is 6.51. The van der Waals surface area contributed by atoms with Gasteiger partial charge in [-0.05, 0) is 42.2 Å². The highest BCUT2D eigenvalue weighted by Gasteiger charge is 2.36. The number of carbonyl (C=O) groups excluding carboxylic acids is 1. The van der Waals surface area contributed by atoms with Crippen LogP contribution in [0.5, 0.6) is 0 Å². The summed E-state index contributed by atoms with van der Waals surface area (Å²) in [5.74, 6) is 0.746. The summed E-state index contributed by atoms with van der Waals surface area (Å²) < 4.78 is 2.13. The van der Waals surface area contributed by atoms with Gasteiger partial charge in [0.1, 0.15) is 11.2 Å². The molecule has 1 aromatic carbocycles. The quantitative estimate of drug-likeness (QED) is 0.593. The Labute approximate surface area is 169 Å². The number of amides is 1. The van der Waals surface area contributed by atoms with E-state index < -0.39 is 0 Å². The number of thiophene rings is 1. The number of rotatable bonds is 1. The van der Waals surface area contributed by atoms with E-state index in [0.717, 1.165) is 29.0 Å². The molecule has 0 spiro atoms. The van der Waals surface area contributed by atoms with Crippen LogP contribution in [0.25, 0.3) is 10.9 Å². The van der Waals surface area contributed by atoms with Crippen molar-refractivity contribution in [3.63, 3.8) is 0 Å². The van der Waals surface area contributed by atoms with Gasteiger partial charge < -0.3 is 15.2 Å². The Morgan fingerprint density at radius 2 is 1.96 bits per heavy atom. The lowest BCUT2D eigenvalue weighted by atomic mass is 9.72. The van der Waals surface area contributed by atoms with Crippen molar-refractivity contribution in [2.24, 2.45) is 18.4 Å². The van der Waals surface area contributed by atoms with Gasteiger partial charge in [0, 0.05) is 34.6 Å². The van der Waals surface area contributed by atoms with Crippen molar-refractivity contribution in [2.45, 2.75) is 46.2 Å². The molecule has 0 saturated heterocycles. The Kier molecular flexibility index (Phi) is 3.89. The molecule has 2 aliphatic rings. The van der Waals surface area contributed by atoms with Gasteiger partial charge in [0.25, 0.3) is 5.91 Å². The number of benzene rings is 1. The van der Waals surface area contributed by atoms with E-state index >= 15 is 0 Å². The van der Waals surface area contributed by atoms with Gasteiger partial charge in [-0.1, -0.05) is 39.0 Å².